The minimum Gasteiger partial charge on any atom is -0.481 e. The first kappa shape index (κ1) is 16.5. The number of carbonyl (C=O) groups excluding carboxylic acids is 1. The van der Waals surface area contributed by atoms with Crippen LogP contribution in [0, 0.1) is 5.92 Å². The van der Waals surface area contributed by atoms with Gasteiger partial charge in [0.25, 0.3) is 0 Å². The fraction of sp³-hybridized carbons (Fsp3) is 0.467. The van der Waals surface area contributed by atoms with Crippen LogP contribution >= 0.6 is 11.6 Å². The molecule has 1 atom stereocenters. The molecule has 1 unspecified atom stereocenters. The maximum absolute atomic E-state index is 11.7. The summed E-state index contributed by atoms with van der Waals surface area (Å²) in [5, 5.41) is 12.1. The number of benzene rings is 1. The van der Waals surface area contributed by atoms with Gasteiger partial charge >= 0.3 is 5.97 Å². The Morgan fingerprint density at radius 1 is 1.30 bits per heavy atom. The largest absolute Gasteiger partial charge is 0.481 e. The number of hydrogen-bond acceptors (Lipinski definition) is 2. The Balaban J connectivity index is 2.24. The maximum atomic E-state index is 11.7. The number of aryl methyl sites for hydroxylation is 1. The lowest BCUT2D eigenvalue weighted by Crippen LogP contribution is -2.28. The first-order valence-corrected chi connectivity index (χ1v) is 7.08. The molecule has 0 bridgehead atoms. The van der Waals surface area contributed by atoms with Crippen LogP contribution < -0.4 is 5.32 Å². The fourth-order valence-electron chi connectivity index (χ4n) is 1.80. The summed E-state index contributed by atoms with van der Waals surface area (Å²) >= 11 is 6.02. The monoisotopic (exact) mass is 297 g/mol. The fourth-order valence-corrected chi connectivity index (χ4v) is 2.03. The van der Waals surface area contributed by atoms with E-state index in [4.69, 9.17) is 16.7 Å². The van der Waals surface area contributed by atoms with Crippen LogP contribution in [0.3, 0.4) is 0 Å². The molecule has 0 saturated heterocycles. The van der Waals surface area contributed by atoms with Gasteiger partial charge in [-0.2, -0.15) is 0 Å². The molecule has 0 spiro atoms. The average molecular weight is 298 g/mol. The summed E-state index contributed by atoms with van der Waals surface area (Å²) in [5.41, 5.74) is 0.961. The number of carboxylic acid groups (broad SMARTS) is 1. The second-order valence-electron chi connectivity index (χ2n) is 4.93. The van der Waals surface area contributed by atoms with Crippen molar-refractivity contribution >= 4 is 23.5 Å². The number of amides is 1. The number of aliphatic carboxylic acids is 1. The summed E-state index contributed by atoms with van der Waals surface area (Å²) in [6.07, 6.45) is 1.70. The molecule has 4 nitrogen and oxygen atoms in total. The Morgan fingerprint density at radius 3 is 2.65 bits per heavy atom. The first-order chi connectivity index (χ1) is 9.49. The van der Waals surface area contributed by atoms with Gasteiger partial charge in [0, 0.05) is 24.4 Å². The van der Waals surface area contributed by atoms with Gasteiger partial charge in [-0.05, 0) is 30.4 Å². The lowest BCUT2D eigenvalue weighted by atomic mass is 10.1. The van der Waals surface area contributed by atoms with E-state index >= 15 is 0 Å². The summed E-state index contributed by atoms with van der Waals surface area (Å²) < 4.78 is 0. The van der Waals surface area contributed by atoms with Gasteiger partial charge in [0.1, 0.15) is 0 Å². The summed E-state index contributed by atoms with van der Waals surface area (Å²) in [6, 6.07) is 7.47. The van der Waals surface area contributed by atoms with Crippen molar-refractivity contribution in [2.24, 2.45) is 5.92 Å². The van der Waals surface area contributed by atoms with E-state index in [2.05, 4.69) is 5.32 Å². The third-order valence-corrected chi connectivity index (χ3v) is 3.45. The Bertz CT molecular complexity index is 462. The van der Waals surface area contributed by atoms with E-state index in [1.54, 1.807) is 0 Å². The minimum atomic E-state index is -0.804. The zero-order valence-electron chi connectivity index (χ0n) is 11.6. The van der Waals surface area contributed by atoms with Crippen molar-refractivity contribution in [1.29, 1.82) is 0 Å². The molecule has 0 fully saturated rings. The molecule has 0 aliphatic rings. The topological polar surface area (TPSA) is 66.4 Å². The molecule has 0 aliphatic heterocycles. The SMILES string of the molecule is CC(CCC(=O)O)CNC(=O)CCc1ccccc1Cl. The predicted octanol–water partition coefficient (Wildman–Crippen LogP) is 2.89. The van der Waals surface area contributed by atoms with Crippen molar-refractivity contribution in [3.05, 3.63) is 34.9 Å². The lowest BCUT2D eigenvalue weighted by Gasteiger charge is -2.11. The summed E-state index contributed by atoms with van der Waals surface area (Å²) in [5.74, 6) is -0.677. The third-order valence-electron chi connectivity index (χ3n) is 3.08. The van der Waals surface area contributed by atoms with E-state index in [0.29, 0.717) is 30.8 Å². The molecule has 0 aromatic heterocycles. The maximum Gasteiger partial charge on any atom is 0.303 e. The van der Waals surface area contributed by atoms with Crippen molar-refractivity contribution in [3.8, 4) is 0 Å². The quantitative estimate of drug-likeness (QED) is 0.775. The highest BCUT2D eigenvalue weighted by atomic mass is 35.5. The van der Waals surface area contributed by atoms with Crippen molar-refractivity contribution in [2.45, 2.75) is 32.6 Å². The van der Waals surface area contributed by atoms with Crippen LogP contribution in [0.4, 0.5) is 0 Å². The van der Waals surface area contributed by atoms with Gasteiger partial charge in [0.15, 0.2) is 0 Å². The highest BCUT2D eigenvalue weighted by Crippen LogP contribution is 2.16. The molecule has 2 N–H and O–H groups in total. The van der Waals surface area contributed by atoms with Gasteiger partial charge in [0.05, 0.1) is 0 Å². The molecular weight excluding hydrogens is 278 g/mol. The van der Waals surface area contributed by atoms with Gasteiger partial charge in [-0.3, -0.25) is 9.59 Å². The molecule has 1 rings (SSSR count). The Hall–Kier alpha value is -1.55. The molecule has 1 amide bonds. The Labute approximate surface area is 124 Å². The van der Waals surface area contributed by atoms with Crippen LogP contribution in [0.25, 0.3) is 0 Å². The first-order valence-electron chi connectivity index (χ1n) is 6.71. The van der Waals surface area contributed by atoms with Crippen LogP contribution in [0.15, 0.2) is 24.3 Å². The zero-order chi connectivity index (χ0) is 15.0. The molecule has 1 aromatic carbocycles. The van der Waals surface area contributed by atoms with Crippen molar-refractivity contribution in [2.75, 3.05) is 6.54 Å². The molecular formula is C15H20ClNO3. The van der Waals surface area contributed by atoms with Gasteiger partial charge < -0.3 is 10.4 Å². The van der Waals surface area contributed by atoms with Crippen LogP contribution in [0.2, 0.25) is 5.02 Å². The van der Waals surface area contributed by atoms with Gasteiger partial charge in [-0.1, -0.05) is 36.7 Å². The second-order valence-corrected chi connectivity index (χ2v) is 5.34. The van der Waals surface area contributed by atoms with E-state index in [1.165, 1.54) is 0 Å². The van der Waals surface area contributed by atoms with Crippen LogP contribution in [0.5, 0.6) is 0 Å². The number of carbonyl (C=O) groups is 2. The summed E-state index contributed by atoms with van der Waals surface area (Å²) in [6.45, 7) is 2.44. The molecule has 0 heterocycles. The third kappa shape index (κ3) is 6.57. The van der Waals surface area contributed by atoms with E-state index in [-0.39, 0.29) is 18.2 Å². The van der Waals surface area contributed by atoms with E-state index < -0.39 is 5.97 Å². The van der Waals surface area contributed by atoms with Gasteiger partial charge in [-0.15, -0.1) is 0 Å². The normalized spacial score (nSPS) is 11.9. The highest BCUT2D eigenvalue weighted by molar-refractivity contribution is 6.31. The van der Waals surface area contributed by atoms with Crippen LogP contribution in [0.1, 0.15) is 31.7 Å². The van der Waals surface area contributed by atoms with Crippen molar-refractivity contribution in [3.63, 3.8) is 0 Å². The van der Waals surface area contributed by atoms with Gasteiger partial charge in [0.2, 0.25) is 5.91 Å². The van der Waals surface area contributed by atoms with Crippen LogP contribution in [-0.4, -0.2) is 23.5 Å². The summed E-state index contributed by atoms with van der Waals surface area (Å²) in [4.78, 5) is 22.1. The smallest absolute Gasteiger partial charge is 0.303 e. The van der Waals surface area contributed by atoms with Crippen molar-refractivity contribution < 1.29 is 14.7 Å². The molecule has 0 saturated carbocycles. The molecule has 20 heavy (non-hydrogen) atoms. The standard InChI is InChI=1S/C15H20ClNO3/c1-11(6-9-15(19)20)10-17-14(18)8-7-12-4-2-3-5-13(12)16/h2-5,11H,6-10H2,1H3,(H,17,18)(H,19,20). The number of rotatable bonds is 8. The zero-order valence-corrected chi connectivity index (χ0v) is 12.3. The molecule has 110 valence electrons. The minimum absolute atomic E-state index is 0.0351. The number of halogens is 1. The van der Waals surface area contributed by atoms with E-state index in [9.17, 15) is 9.59 Å². The number of carboxylic acids is 1. The van der Waals surface area contributed by atoms with Gasteiger partial charge in [-0.25, -0.2) is 0 Å². The molecule has 1 aromatic rings. The molecule has 0 radical (unpaired) electrons. The van der Waals surface area contributed by atoms with E-state index in [0.717, 1.165) is 5.56 Å². The van der Waals surface area contributed by atoms with Crippen LogP contribution in [-0.2, 0) is 16.0 Å². The second kappa shape index (κ2) is 8.59. The van der Waals surface area contributed by atoms with E-state index in [1.807, 2.05) is 31.2 Å². The number of nitrogens with one attached hydrogen (secondary N) is 1. The predicted molar refractivity (Wildman–Crippen MR) is 78.8 cm³/mol. The Kier molecular flexibility index (Phi) is 7.09. The average Bonchev–Trinajstić information content (AvgIpc) is 2.42. The Morgan fingerprint density at radius 2 is 2.00 bits per heavy atom. The molecule has 0 aliphatic carbocycles. The molecule has 5 heteroatoms. The lowest BCUT2D eigenvalue weighted by molar-refractivity contribution is -0.137. The summed E-state index contributed by atoms with van der Waals surface area (Å²) in [7, 11) is 0. The highest BCUT2D eigenvalue weighted by Gasteiger charge is 2.08. The number of hydrogen-bond donors (Lipinski definition) is 2. The van der Waals surface area contributed by atoms with Crippen molar-refractivity contribution in [1.82, 2.24) is 5.32 Å².